The van der Waals surface area contributed by atoms with Gasteiger partial charge in [-0.2, -0.15) is 0 Å². The van der Waals surface area contributed by atoms with Gasteiger partial charge >= 0.3 is 0 Å². The third-order valence-electron chi connectivity index (χ3n) is 3.42. The Morgan fingerprint density at radius 2 is 2.40 bits per heavy atom. The molecule has 1 fully saturated rings. The van der Waals surface area contributed by atoms with E-state index in [1.165, 1.54) is 30.0 Å². The van der Waals surface area contributed by atoms with Gasteiger partial charge in [-0.25, -0.2) is 4.98 Å². The number of nitrogens with zero attached hydrogens (tertiary/aromatic N) is 1. The summed E-state index contributed by atoms with van der Waals surface area (Å²) < 4.78 is 0. The van der Waals surface area contributed by atoms with E-state index in [0.29, 0.717) is 0 Å². The lowest BCUT2D eigenvalue weighted by Crippen LogP contribution is -2.24. The molecule has 1 aliphatic rings. The summed E-state index contributed by atoms with van der Waals surface area (Å²) in [5.74, 6) is 1.81. The average Bonchev–Trinajstić information content (AvgIpc) is 2.77. The highest BCUT2D eigenvalue weighted by Crippen LogP contribution is 2.30. The average molecular weight is 224 g/mol. The van der Waals surface area contributed by atoms with Crippen molar-refractivity contribution in [1.82, 2.24) is 10.3 Å². The summed E-state index contributed by atoms with van der Waals surface area (Å²) in [7, 11) is 0. The minimum absolute atomic E-state index is 0.893. The molecule has 1 heterocycles. The molecule has 84 valence electrons. The van der Waals surface area contributed by atoms with E-state index >= 15 is 0 Å². The van der Waals surface area contributed by atoms with E-state index < -0.39 is 0 Å². The molecular formula is C12H20N2S. The molecule has 0 aliphatic heterocycles. The van der Waals surface area contributed by atoms with E-state index in [0.717, 1.165) is 24.9 Å². The second kappa shape index (κ2) is 5.08. The van der Waals surface area contributed by atoms with Gasteiger partial charge in [-0.15, -0.1) is 11.3 Å². The molecule has 1 aromatic rings. The fourth-order valence-corrected chi connectivity index (χ4v) is 3.01. The number of aromatic nitrogens is 1. The number of thiazole rings is 1. The van der Waals surface area contributed by atoms with Crippen LogP contribution in [0.3, 0.4) is 0 Å². The lowest BCUT2D eigenvalue weighted by Gasteiger charge is -2.15. The quantitative estimate of drug-likeness (QED) is 0.850. The predicted octanol–water partition coefficient (Wildman–Crippen LogP) is 2.98. The SMILES string of the molecule is Cc1nc(CNCC2CCCC2C)cs1. The van der Waals surface area contributed by atoms with Gasteiger partial charge in [-0.05, 0) is 31.7 Å². The van der Waals surface area contributed by atoms with Gasteiger partial charge < -0.3 is 5.32 Å². The summed E-state index contributed by atoms with van der Waals surface area (Å²) in [5.41, 5.74) is 1.20. The maximum absolute atomic E-state index is 4.45. The molecule has 0 saturated heterocycles. The fourth-order valence-electron chi connectivity index (χ4n) is 2.40. The number of hydrogen-bond acceptors (Lipinski definition) is 3. The van der Waals surface area contributed by atoms with Crippen LogP contribution in [0.15, 0.2) is 5.38 Å². The van der Waals surface area contributed by atoms with Crippen molar-refractivity contribution in [1.29, 1.82) is 0 Å². The van der Waals surface area contributed by atoms with Crippen molar-refractivity contribution < 1.29 is 0 Å². The highest BCUT2D eigenvalue weighted by molar-refractivity contribution is 7.09. The van der Waals surface area contributed by atoms with Crippen LogP contribution < -0.4 is 5.32 Å². The van der Waals surface area contributed by atoms with Gasteiger partial charge in [0.2, 0.25) is 0 Å². The maximum atomic E-state index is 4.45. The van der Waals surface area contributed by atoms with Crippen molar-refractivity contribution in [2.24, 2.45) is 11.8 Å². The Hall–Kier alpha value is -0.410. The Kier molecular flexibility index (Phi) is 3.76. The Morgan fingerprint density at radius 1 is 1.53 bits per heavy atom. The zero-order valence-corrected chi connectivity index (χ0v) is 10.4. The third-order valence-corrected chi connectivity index (χ3v) is 4.24. The van der Waals surface area contributed by atoms with Crippen LogP contribution in [-0.2, 0) is 6.54 Å². The van der Waals surface area contributed by atoms with Crippen LogP contribution in [0, 0.1) is 18.8 Å². The van der Waals surface area contributed by atoms with Gasteiger partial charge in [0.25, 0.3) is 0 Å². The van der Waals surface area contributed by atoms with Gasteiger partial charge in [0.1, 0.15) is 0 Å². The molecule has 2 nitrogen and oxygen atoms in total. The standard InChI is InChI=1S/C12H20N2S/c1-9-4-3-5-11(9)6-13-7-12-8-15-10(2)14-12/h8-9,11,13H,3-7H2,1-2H3. The molecule has 1 aliphatic carbocycles. The van der Waals surface area contributed by atoms with Crippen LogP contribution in [0.2, 0.25) is 0 Å². The molecule has 2 unspecified atom stereocenters. The van der Waals surface area contributed by atoms with Crippen molar-refractivity contribution in [3.63, 3.8) is 0 Å². The topological polar surface area (TPSA) is 24.9 Å². The monoisotopic (exact) mass is 224 g/mol. The van der Waals surface area contributed by atoms with Gasteiger partial charge in [0, 0.05) is 11.9 Å². The molecule has 1 aromatic heterocycles. The van der Waals surface area contributed by atoms with Crippen LogP contribution in [0.1, 0.15) is 36.9 Å². The predicted molar refractivity (Wildman–Crippen MR) is 65.1 cm³/mol. The van der Waals surface area contributed by atoms with Crippen molar-refractivity contribution in [3.05, 3.63) is 16.1 Å². The number of nitrogens with one attached hydrogen (secondary N) is 1. The molecule has 1 saturated carbocycles. The van der Waals surface area contributed by atoms with Gasteiger partial charge in [0.15, 0.2) is 0 Å². The number of rotatable bonds is 4. The first-order valence-electron chi connectivity index (χ1n) is 5.87. The second-order valence-corrected chi connectivity index (χ2v) is 5.72. The van der Waals surface area contributed by atoms with Crippen LogP contribution in [0.25, 0.3) is 0 Å². The van der Waals surface area contributed by atoms with E-state index in [-0.39, 0.29) is 0 Å². The molecule has 2 rings (SSSR count). The Morgan fingerprint density at radius 3 is 3.00 bits per heavy atom. The van der Waals surface area contributed by atoms with Gasteiger partial charge in [-0.1, -0.05) is 19.8 Å². The Balaban J connectivity index is 1.70. The van der Waals surface area contributed by atoms with Crippen LogP contribution in [-0.4, -0.2) is 11.5 Å². The summed E-state index contributed by atoms with van der Waals surface area (Å²) >= 11 is 1.74. The normalized spacial score (nSPS) is 26.0. The molecule has 1 N–H and O–H groups in total. The smallest absolute Gasteiger partial charge is 0.0897 e. The van der Waals surface area contributed by atoms with E-state index in [1.54, 1.807) is 11.3 Å². The Labute approximate surface area is 96.1 Å². The van der Waals surface area contributed by atoms with Crippen molar-refractivity contribution in [2.45, 2.75) is 39.7 Å². The summed E-state index contributed by atoms with van der Waals surface area (Å²) in [6, 6.07) is 0. The molecule has 2 atom stereocenters. The van der Waals surface area contributed by atoms with Crippen LogP contribution >= 0.6 is 11.3 Å². The van der Waals surface area contributed by atoms with Gasteiger partial charge in [0.05, 0.1) is 10.7 Å². The highest BCUT2D eigenvalue weighted by Gasteiger charge is 2.22. The zero-order chi connectivity index (χ0) is 10.7. The molecule has 0 amide bonds. The largest absolute Gasteiger partial charge is 0.311 e. The van der Waals surface area contributed by atoms with Crippen LogP contribution in [0.4, 0.5) is 0 Å². The fraction of sp³-hybridized carbons (Fsp3) is 0.750. The first-order chi connectivity index (χ1) is 7.25. The summed E-state index contributed by atoms with van der Waals surface area (Å²) in [4.78, 5) is 4.45. The second-order valence-electron chi connectivity index (χ2n) is 4.66. The van der Waals surface area contributed by atoms with Crippen molar-refractivity contribution in [3.8, 4) is 0 Å². The Bertz CT molecular complexity index is 308. The summed E-state index contributed by atoms with van der Waals surface area (Å²) in [5, 5.41) is 6.85. The molecule has 3 heteroatoms. The van der Waals surface area contributed by atoms with E-state index in [2.05, 4.69) is 29.5 Å². The van der Waals surface area contributed by atoms with E-state index in [9.17, 15) is 0 Å². The van der Waals surface area contributed by atoms with E-state index in [1.807, 2.05) is 0 Å². The lowest BCUT2D eigenvalue weighted by molar-refractivity contribution is 0.391. The molecule has 0 bridgehead atoms. The van der Waals surface area contributed by atoms with Crippen molar-refractivity contribution in [2.75, 3.05) is 6.54 Å². The molecule has 0 radical (unpaired) electrons. The lowest BCUT2D eigenvalue weighted by atomic mass is 9.98. The maximum Gasteiger partial charge on any atom is 0.0897 e. The van der Waals surface area contributed by atoms with Crippen LogP contribution in [0.5, 0.6) is 0 Å². The highest BCUT2D eigenvalue weighted by atomic mass is 32.1. The van der Waals surface area contributed by atoms with Gasteiger partial charge in [-0.3, -0.25) is 0 Å². The van der Waals surface area contributed by atoms with E-state index in [4.69, 9.17) is 0 Å². The number of aryl methyl sites for hydroxylation is 1. The molecule has 0 spiro atoms. The minimum atomic E-state index is 0.893. The summed E-state index contributed by atoms with van der Waals surface area (Å²) in [6.45, 7) is 6.55. The van der Waals surface area contributed by atoms with Crippen molar-refractivity contribution >= 4 is 11.3 Å². The first kappa shape index (κ1) is 11.1. The molecular weight excluding hydrogens is 204 g/mol. The zero-order valence-electron chi connectivity index (χ0n) is 9.62. The third kappa shape index (κ3) is 3.02. The molecule has 0 aromatic carbocycles. The molecule has 15 heavy (non-hydrogen) atoms. The minimum Gasteiger partial charge on any atom is -0.311 e. The number of hydrogen-bond donors (Lipinski definition) is 1. The first-order valence-corrected chi connectivity index (χ1v) is 6.75. The summed E-state index contributed by atoms with van der Waals surface area (Å²) in [6.07, 6.45) is 4.25.